The monoisotopic (exact) mass is 173 g/mol. The van der Waals surface area contributed by atoms with E-state index in [0.29, 0.717) is 0 Å². The van der Waals surface area contributed by atoms with E-state index in [0.717, 1.165) is 16.7 Å². The summed E-state index contributed by atoms with van der Waals surface area (Å²) in [6, 6.07) is 7.96. The third-order valence-corrected chi connectivity index (χ3v) is 1.89. The topological polar surface area (TPSA) is 25.0 Å². The highest BCUT2D eigenvalue weighted by atomic mass is 16.5. The van der Waals surface area contributed by atoms with Crippen LogP contribution in [0.3, 0.4) is 0 Å². The first-order valence-electron chi connectivity index (χ1n) is 4.26. The second-order valence-electron chi connectivity index (χ2n) is 2.78. The fraction of sp³-hybridized carbons (Fsp3) is 0.0909. The number of H-pyrrole nitrogens is 1. The number of benzene rings is 1. The smallest absolute Gasteiger partial charge is 0.135 e. The van der Waals surface area contributed by atoms with Crippen molar-refractivity contribution < 1.29 is 4.74 Å². The van der Waals surface area contributed by atoms with Gasteiger partial charge in [0.15, 0.2) is 0 Å². The van der Waals surface area contributed by atoms with Crippen molar-refractivity contribution in [2.75, 3.05) is 0 Å². The van der Waals surface area contributed by atoms with E-state index in [4.69, 9.17) is 4.74 Å². The van der Waals surface area contributed by atoms with E-state index in [2.05, 4.69) is 4.98 Å². The van der Waals surface area contributed by atoms with E-state index in [1.165, 1.54) is 0 Å². The van der Waals surface area contributed by atoms with Crippen molar-refractivity contribution in [1.29, 1.82) is 0 Å². The number of aromatic nitrogens is 1. The molecule has 0 spiro atoms. The summed E-state index contributed by atoms with van der Waals surface area (Å²) in [6.45, 7) is 1.93. The molecule has 0 aliphatic rings. The SMILES string of the molecule is C/C=C/Oc1cccc2[nH]ccc12. The van der Waals surface area contributed by atoms with E-state index in [-0.39, 0.29) is 0 Å². The number of fused-ring (bicyclic) bond motifs is 1. The van der Waals surface area contributed by atoms with Crippen molar-refractivity contribution in [2.45, 2.75) is 6.92 Å². The zero-order valence-corrected chi connectivity index (χ0v) is 7.45. The Hall–Kier alpha value is -1.70. The Morgan fingerprint density at radius 2 is 2.23 bits per heavy atom. The first-order chi connectivity index (χ1) is 6.42. The Balaban J connectivity index is 2.48. The van der Waals surface area contributed by atoms with Crippen molar-refractivity contribution in [3.8, 4) is 5.75 Å². The largest absolute Gasteiger partial charge is 0.465 e. The van der Waals surface area contributed by atoms with E-state index in [1.807, 2.05) is 43.5 Å². The summed E-state index contributed by atoms with van der Waals surface area (Å²) in [5.74, 6) is 0.886. The van der Waals surface area contributed by atoms with Gasteiger partial charge in [0.2, 0.25) is 0 Å². The minimum Gasteiger partial charge on any atom is -0.465 e. The van der Waals surface area contributed by atoms with Crippen molar-refractivity contribution in [3.63, 3.8) is 0 Å². The number of hydrogen-bond donors (Lipinski definition) is 1. The Morgan fingerprint density at radius 1 is 1.31 bits per heavy atom. The molecule has 2 heteroatoms. The van der Waals surface area contributed by atoms with Gasteiger partial charge in [0.1, 0.15) is 5.75 Å². The molecule has 0 unspecified atom stereocenters. The second-order valence-corrected chi connectivity index (χ2v) is 2.78. The molecule has 2 rings (SSSR count). The number of aromatic amines is 1. The molecule has 2 nitrogen and oxygen atoms in total. The normalized spacial score (nSPS) is 11.2. The molecule has 0 atom stereocenters. The predicted octanol–water partition coefficient (Wildman–Crippen LogP) is 3.08. The van der Waals surface area contributed by atoms with E-state index in [9.17, 15) is 0 Å². The highest BCUT2D eigenvalue weighted by Gasteiger charge is 1.99. The Kier molecular flexibility index (Phi) is 2.04. The number of allylic oxidation sites excluding steroid dienone is 1. The summed E-state index contributed by atoms with van der Waals surface area (Å²) in [7, 11) is 0. The third kappa shape index (κ3) is 1.43. The maximum atomic E-state index is 5.43. The minimum atomic E-state index is 0.886. The summed E-state index contributed by atoms with van der Waals surface area (Å²) in [6.07, 6.45) is 5.46. The summed E-state index contributed by atoms with van der Waals surface area (Å²) >= 11 is 0. The van der Waals surface area contributed by atoms with Gasteiger partial charge in [-0.05, 0) is 25.1 Å². The highest BCUT2D eigenvalue weighted by molar-refractivity contribution is 5.85. The fourth-order valence-electron chi connectivity index (χ4n) is 1.30. The lowest BCUT2D eigenvalue weighted by atomic mass is 10.2. The first kappa shape index (κ1) is 7.92. The van der Waals surface area contributed by atoms with Gasteiger partial charge in [-0.3, -0.25) is 0 Å². The van der Waals surface area contributed by atoms with Gasteiger partial charge >= 0.3 is 0 Å². The average molecular weight is 173 g/mol. The number of rotatable bonds is 2. The maximum Gasteiger partial charge on any atom is 0.135 e. The lowest BCUT2D eigenvalue weighted by molar-refractivity contribution is 0.486. The molecule has 1 aromatic heterocycles. The molecular weight excluding hydrogens is 162 g/mol. The minimum absolute atomic E-state index is 0.886. The van der Waals surface area contributed by atoms with Gasteiger partial charge in [0, 0.05) is 17.1 Å². The molecule has 13 heavy (non-hydrogen) atoms. The van der Waals surface area contributed by atoms with Crippen LogP contribution in [0, 0.1) is 0 Å². The van der Waals surface area contributed by atoms with Gasteiger partial charge in [-0.25, -0.2) is 0 Å². The van der Waals surface area contributed by atoms with Crippen LogP contribution in [0.2, 0.25) is 0 Å². The highest BCUT2D eigenvalue weighted by Crippen LogP contribution is 2.24. The standard InChI is InChI=1S/C11H11NO/c1-2-8-13-11-5-3-4-10-9(11)6-7-12-10/h2-8,12H,1H3/b8-2+. The summed E-state index contributed by atoms with van der Waals surface area (Å²) in [4.78, 5) is 3.13. The lowest BCUT2D eigenvalue weighted by Gasteiger charge is -2.00. The molecule has 0 radical (unpaired) electrons. The quantitative estimate of drug-likeness (QED) is 0.693. The van der Waals surface area contributed by atoms with Gasteiger partial charge in [0.25, 0.3) is 0 Å². The molecule has 0 aliphatic carbocycles. The third-order valence-electron chi connectivity index (χ3n) is 1.89. The molecule has 0 saturated carbocycles. The molecule has 2 aromatic rings. The lowest BCUT2D eigenvalue weighted by Crippen LogP contribution is -1.81. The first-order valence-corrected chi connectivity index (χ1v) is 4.26. The predicted molar refractivity (Wildman–Crippen MR) is 53.7 cm³/mol. The van der Waals surface area contributed by atoms with Crippen molar-refractivity contribution in [1.82, 2.24) is 4.98 Å². The molecule has 1 aromatic carbocycles. The number of hydrogen-bond acceptors (Lipinski definition) is 1. The van der Waals surface area contributed by atoms with Gasteiger partial charge in [-0.15, -0.1) is 0 Å². The van der Waals surface area contributed by atoms with Gasteiger partial charge < -0.3 is 9.72 Å². The summed E-state index contributed by atoms with van der Waals surface area (Å²) < 4.78 is 5.43. The number of nitrogens with one attached hydrogen (secondary N) is 1. The summed E-state index contributed by atoms with van der Waals surface area (Å²) in [5, 5.41) is 1.11. The van der Waals surface area contributed by atoms with Crippen LogP contribution in [-0.2, 0) is 0 Å². The molecule has 0 bridgehead atoms. The molecular formula is C11H11NO. The van der Waals surface area contributed by atoms with Crippen LogP contribution in [-0.4, -0.2) is 4.98 Å². The van der Waals surface area contributed by atoms with Crippen LogP contribution in [0.5, 0.6) is 5.75 Å². The zero-order chi connectivity index (χ0) is 9.10. The van der Waals surface area contributed by atoms with Crippen LogP contribution in [0.25, 0.3) is 10.9 Å². The maximum absolute atomic E-state index is 5.43. The van der Waals surface area contributed by atoms with E-state index < -0.39 is 0 Å². The molecule has 1 N–H and O–H groups in total. The van der Waals surface area contributed by atoms with E-state index >= 15 is 0 Å². The summed E-state index contributed by atoms with van der Waals surface area (Å²) in [5.41, 5.74) is 1.10. The van der Waals surface area contributed by atoms with Gasteiger partial charge in [0.05, 0.1) is 6.26 Å². The molecule has 0 aliphatic heterocycles. The molecule has 1 heterocycles. The van der Waals surface area contributed by atoms with Gasteiger partial charge in [-0.2, -0.15) is 0 Å². The van der Waals surface area contributed by atoms with Crippen molar-refractivity contribution >= 4 is 10.9 Å². The van der Waals surface area contributed by atoms with Crippen LogP contribution in [0.1, 0.15) is 6.92 Å². The zero-order valence-electron chi connectivity index (χ0n) is 7.45. The van der Waals surface area contributed by atoms with Gasteiger partial charge in [-0.1, -0.05) is 12.1 Å². The Labute approximate surface area is 76.8 Å². The van der Waals surface area contributed by atoms with E-state index in [1.54, 1.807) is 6.26 Å². The van der Waals surface area contributed by atoms with Crippen LogP contribution in [0.4, 0.5) is 0 Å². The average Bonchev–Trinajstić information content (AvgIpc) is 2.62. The molecule has 0 amide bonds. The second kappa shape index (κ2) is 3.35. The van der Waals surface area contributed by atoms with Crippen molar-refractivity contribution in [3.05, 3.63) is 42.8 Å². The Bertz CT molecular complexity index is 428. The van der Waals surface area contributed by atoms with Crippen LogP contribution >= 0.6 is 0 Å². The van der Waals surface area contributed by atoms with Crippen molar-refractivity contribution in [2.24, 2.45) is 0 Å². The molecule has 0 saturated heterocycles. The van der Waals surface area contributed by atoms with Crippen LogP contribution < -0.4 is 4.74 Å². The Morgan fingerprint density at radius 3 is 3.08 bits per heavy atom. The fourth-order valence-corrected chi connectivity index (χ4v) is 1.30. The molecule has 66 valence electrons. The van der Waals surface area contributed by atoms with Crippen LogP contribution in [0.15, 0.2) is 42.8 Å². The molecule has 0 fully saturated rings. The number of ether oxygens (including phenoxy) is 1.